The van der Waals surface area contributed by atoms with Gasteiger partial charge in [0, 0.05) is 16.9 Å². The summed E-state index contributed by atoms with van der Waals surface area (Å²) < 4.78 is 5.80. The van der Waals surface area contributed by atoms with Gasteiger partial charge >= 0.3 is 0 Å². The fourth-order valence-electron chi connectivity index (χ4n) is 2.65. The summed E-state index contributed by atoms with van der Waals surface area (Å²) in [5.41, 5.74) is 2.63. The molecule has 0 atom stereocenters. The molecule has 0 aliphatic rings. The Morgan fingerprint density at radius 1 is 1.00 bits per heavy atom. The first-order chi connectivity index (χ1) is 13.8. The lowest BCUT2D eigenvalue weighted by molar-refractivity contribution is 0.0914. The van der Waals surface area contributed by atoms with E-state index in [9.17, 15) is 4.79 Å². The zero-order valence-corrected chi connectivity index (χ0v) is 17.2. The Morgan fingerprint density at radius 2 is 1.69 bits per heavy atom. The van der Waals surface area contributed by atoms with Crippen LogP contribution in [0.5, 0.6) is 5.75 Å². The quantitative estimate of drug-likeness (QED) is 0.641. The first-order valence-electron chi connectivity index (χ1n) is 9.50. The molecule has 0 radical (unpaired) electrons. The first kappa shape index (κ1) is 20.3. The van der Waals surface area contributed by atoms with Crippen LogP contribution in [0.2, 0.25) is 0 Å². The normalized spacial score (nSPS) is 11.0. The van der Waals surface area contributed by atoms with Crippen LogP contribution < -0.4 is 15.4 Å². The van der Waals surface area contributed by atoms with Gasteiger partial charge in [0.1, 0.15) is 18.1 Å². The van der Waals surface area contributed by atoms with Crippen LogP contribution in [0.3, 0.4) is 0 Å². The maximum atomic E-state index is 12.4. The molecule has 3 aromatic rings. The predicted molar refractivity (Wildman–Crippen MR) is 114 cm³/mol. The van der Waals surface area contributed by atoms with Crippen molar-refractivity contribution in [3.63, 3.8) is 0 Å². The summed E-state index contributed by atoms with van der Waals surface area (Å²) in [6.45, 7) is 8.14. The second-order valence-corrected chi connectivity index (χ2v) is 7.85. The van der Waals surface area contributed by atoms with Gasteiger partial charge in [0.25, 0.3) is 5.91 Å². The van der Waals surface area contributed by atoms with E-state index < -0.39 is 0 Å². The van der Waals surface area contributed by atoms with E-state index >= 15 is 0 Å². The largest absolute Gasteiger partial charge is 0.489 e. The molecule has 0 fully saturated rings. The molecule has 1 heterocycles. The van der Waals surface area contributed by atoms with Crippen molar-refractivity contribution >= 4 is 17.5 Å². The highest BCUT2D eigenvalue weighted by Gasteiger charge is 2.17. The van der Waals surface area contributed by atoms with Gasteiger partial charge in [0.2, 0.25) is 5.95 Å². The summed E-state index contributed by atoms with van der Waals surface area (Å²) in [5, 5.41) is 6.06. The highest BCUT2D eigenvalue weighted by molar-refractivity contribution is 5.93. The SMILES string of the molecule is Cc1cc(C(=O)NC(C)(C)C)nc(Nc2ccc(OCc3ccccc3)cc2)n1. The molecule has 1 amide bonds. The Balaban J connectivity index is 1.66. The van der Waals surface area contributed by atoms with Crippen LogP contribution in [-0.4, -0.2) is 21.4 Å². The van der Waals surface area contributed by atoms with E-state index in [0.29, 0.717) is 23.9 Å². The van der Waals surface area contributed by atoms with Gasteiger partial charge in [-0.05, 0) is 63.6 Å². The zero-order valence-electron chi connectivity index (χ0n) is 17.2. The zero-order chi connectivity index (χ0) is 20.9. The number of nitrogens with zero attached hydrogens (tertiary/aromatic N) is 2. The van der Waals surface area contributed by atoms with Gasteiger partial charge in [0.15, 0.2) is 0 Å². The summed E-state index contributed by atoms with van der Waals surface area (Å²) in [6.07, 6.45) is 0. The number of amides is 1. The number of hydrogen-bond acceptors (Lipinski definition) is 5. The molecule has 0 spiro atoms. The highest BCUT2D eigenvalue weighted by Crippen LogP contribution is 2.20. The molecule has 150 valence electrons. The Labute approximate surface area is 171 Å². The molecular weight excluding hydrogens is 364 g/mol. The average molecular weight is 390 g/mol. The lowest BCUT2D eigenvalue weighted by atomic mass is 10.1. The molecule has 0 bridgehead atoms. The van der Waals surface area contributed by atoms with Crippen molar-refractivity contribution in [2.75, 3.05) is 5.32 Å². The number of ether oxygens (including phenoxy) is 1. The third-order valence-corrected chi connectivity index (χ3v) is 3.93. The van der Waals surface area contributed by atoms with Gasteiger partial charge < -0.3 is 15.4 Å². The number of aryl methyl sites for hydroxylation is 1. The van der Waals surface area contributed by atoms with E-state index in [4.69, 9.17) is 4.74 Å². The molecule has 0 saturated heterocycles. The molecule has 1 aromatic heterocycles. The minimum absolute atomic E-state index is 0.226. The standard InChI is InChI=1S/C23H26N4O2/c1-16-14-20(21(28)27-23(2,3)4)26-22(24-16)25-18-10-12-19(13-11-18)29-15-17-8-6-5-7-9-17/h5-14H,15H2,1-4H3,(H,27,28)(H,24,25,26). The van der Waals surface area contributed by atoms with Crippen molar-refractivity contribution in [1.29, 1.82) is 0 Å². The van der Waals surface area contributed by atoms with Crippen LogP contribution in [0.15, 0.2) is 60.7 Å². The van der Waals surface area contributed by atoms with Crippen LogP contribution in [0.1, 0.15) is 42.5 Å². The van der Waals surface area contributed by atoms with Gasteiger partial charge in [0.05, 0.1) is 0 Å². The number of carbonyl (C=O) groups excluding carboxylic acids is 1. The highest BCUT2D eigenvalue weighted by atomic mass is 16.5. The first-order valence-corrected chi connectivity index (χ1v) is 9.50. The molecule has 2 aromatic carbocycles. The Hall–Kier alpha value is -3.41. The van der Waals surface area contributed by atoms with Crippen molar-refractivity contribution in [3.05, 3.63) is 77.6 Å². The molecule has 2 N–H and O–H groups in total. The fourth-order valence-corrected chi connectivity index (χ4v) is 2.65. The van der Waals surface area contributed by atoms with E-state index in [1.165, 1.54) is 0 Å². The molecule has 0 aliphatic heterocycles. The van der Waals surface area contributed by atoms with Crippen LogP contribution >= 0.6 is 0 Å². The van der Waals surface area contributed by atoms with Gasteiger partial charge in [-0.1, -0.05) is 30.3 Å². The van der Waals surface area contributed by atoms with E-state index in [0.717, 1.165) is 17.0 Å². The molecule has 0 aliphatic carbocycles. The van der Waals surface area contributed by atoms with Crippen LogP contribution in [-0.2, 0) is 6.61 Å². The van der Waals surface area contributed by atoms with Crippen molar-refractivity contribution < 1.29 is 9.53 Å². The predicted octanol–water partition coefficient (Wildman–Crippen LogP) is 4.64. The van der Waals surface area contributed by atoms with Crippen molar-refractivity contribution in [2.24, 2.45) is 0 Å². The number of anilines is 2. The van der Waals surface area contributed by atoms with Crippen molar-refractivity contribution in [2.45, 2.75) is 39.8 Å². The molecular formula is C23H26N4O2. The molecule has 0 saturated carbocycles. The number of hydrogen-bond donors (Lipinski definition) is 2. The van der Waals surface area contributed by atoms with Crippen molar-refractivity contribution in [1.82, 2.24) is 15.3 Å². The third kappa shape index (κ3) is 6.31. The minimum atomic E-state index is -0.334. The van der Waals surface area contributed by atoms with Crippen molar-refractivity contribution in [3.8, 4) is 5.75 Å². The topological polar surface area (TPSA) is 76.1 Å². The molecule has 0 unspecified atom stereocenters. The maximum Gasteiger partial charge on any atom is 0.270 e. The summed E-state index contributed by atoms with van der Waals surface area (Å²) >= 11 is 0. The van der Waals surface area contributed by atoms with E-state index in [-0.39, 0.29) is 11.4 Å². The summed E-state index contributed by atoms with van der Waals surface area (Å²) in [5.74, 6) is 0.924. The average Bonchev–Trinajstić information content (AvgIpc) is 2.66. The smallest absolute Gasteiger partial charge is 0.270 e. The Kier molecular flexibility index (Phi) is 6.12. The number of rotatable bonds is 6. The van der Waals surface area contributed by atoms with E-state index in [1.807, 2.05) is 82.3 Å². The second-order valence-electron chi connectivity index (χ2n) is 7.85. The Bertz CT molecular complexity index is 964. The lowest BCUT2D eigenvalue weighted by Gasteiger charge is -2.20. The second kappa shape index (κ2) is 8.73. The van der Waals surface area contributed by atoms with Gasteiger partial charge in [-0.2, -0.15) is 0 Å². The molecule has 29 heavy (non-hydrogen) atoms. The van der Waals surface area contributed by atoms with Crippen LogP contribution in [0.4, 0.5) is 11.6 Å². The number of nitrogens with one attached hydrogen (secondary N) is 2. The fraction of sp³-hybridized carbons (Fsp3) is 0.261. The number of benzene rings is 2. The van der Waals surface area contributed by atoms with Gasteiger partial charge in [-0.3, -0.25) is 4.79 Å². The summed E-state index contributed by atoms with van der Waals surface area (Å²) in [4.78, 5) is 21.1. The molecule has 3 rings (SSSR count). The molecule has 6 heteroatoms. The summed E-state index contributed by atoms with van der Waals surface area (Å²) in [6, 6.07) is 19.2. The minimum Gasteiger partial charge on any atom is -0.489 e. The van der Waals surface area contributed by atoms with Crippen LogP contribution in [0, 0.1) is 6.92 Å². The maximum absolute atomic E-state index is 12.4. The third-order valence-electron chi connectivity index (χ3n) is 3.93. The van der Waals surface area contributed by atoms with Gasteiger partial charge in [-0.15, -0.1) is 0 Å². The van der Waals surface area contributed by atoms with E-state index in [2.05, 4.69) is 20.6 Å². The Morgan fingerprint density at radius 3 is 2.34 bits per heavy atom. The number of carbonyl (C=O) groups is 1. The van der Waals surface area contributed by atoms with Crippen LogP contribution in [0.25, 0.3) is 0 Å². The lowest BCUT2D eigenvalue weighted by Crippen LogP contribution is -2.41. The number of aromatic nitrogens is 2. The van der Waals surface area contributed by atoms with E-state index in [1.54, 1.807) is 6.07 Å². The molecule has 6 nitrogen and oxygen atoms in total. The summed E-state index contributed by atoms with van der Waals surface area (Å²) in [7, 11) is 0. The van der Waals surface area contributed by atoms with Gasteiger partial charge in [-0.25, -0.2) is 9.97 Å². The monoisotopic (exact) mass is 390 g/mol.